The number of aromatic nitrogens is 1. The summed E-state index contributed by atoms with van der Waals surface area (Å²) in [7, 11) is 1.49. The van der Waals surface area contributed by atoms with Gasteiger partial charge in [0.2, 0.25) is 0 Å². The second kappa shape index (κ2) is 6.43. The third-order valence-corrected chi connectivity index (χ3v) is 3.29. The Labute approximate surface area is 127 Å². The standard InChI is InChI=1S/C13H12ClF2N4P/c14-11-7-18-6-5-10(11)12(20-17)19-9-3-1-8(2-4-9)13(15,16)21/h1-7H,17,21H2,(H,19,20). The molecule has 1 unspecified atom stereocenters. The van der Waals surface area contributed by atoms with Crippen molar-refractivity contribution in [3.05, 3.63) is 58.9 Å². The van der Waals surface area contributed by atoms with Gasteiger partial charge in [-0.05, 0) is 18.2 Å². The molecule has 0 aliphatic carbocycles. The summed E-state index contributed by atoms with van der Waals surface area (Å²) in [4.78, 5) is 8.11. The Kier molecular flexibility index (Phi) is 4.83. The first-order chi connectivity index (χ1) is 9.91. The summed E-state index contributed by atoms with van der Waals surface area (Å²) in [6, 6.07) is 7.19. The van der Waals surface area contributed by atoms with Crippen LogP contribution in [0.1, 0.15) is 11.1 Å². The van der Waals surface area contributed by atoms with Crippen LogP contribution in [0.15, 0.2) is 47.7 Å². The fourth-order valence-electron chi connectivity index (χ4n) is 1.62. The summed E-state index contributed by atoms with van der Waals surface area (Å²) in [5.41, 5.74) is 0.387. The molecular weight excluding hydrogens is 317 g/mol. The topological polar surface area (TPSA) is 63.3 Å². The maximum Gasteiger partial charge on any atom is 0.283 e. The van der Waals surface area contributed by atoms with Gasteiger partial charge in [0.25, 0.3) is 5.66 Å². The number of alkyl halides is 2. The van der Waals surface area contributed by atoms with Crippen molar-refractivity contribution in [1.29, 1.82) is 0 Å². The molecule has 110 valence electrons. The second-order valence-electron chi connectivity index (χ2n) is 4.13. The van der Waals surface area contributed by atoms with Gasteiger partial charge < -0.3 is 5.43 Å². The van der Waals surface area contributed by atoms with E-state index in [0.717, 1.165) is 0 Å². The average Bonchev–Trinajstić information content (AvgIpc) is 2.45. The maximum atomic E-state index is 13.1. The molecule has 0 spiro atoms. The predicted octanol–water partition coefficient (Wildman–Crippen LogP) is 3.20. The minimum absolute atomic E-state index is 0.115. The molecule has 2 rings (SSSR count). The largest absolute Gasteiger partial charge is 0.308 e. The molecule has 0 amide bonds. The minimum atomic E-state index is -2.97. The number of aliphatic imine (C=N–C) groups is 1. The van der Waals surface area contributed by atoms with Crippen molar-refractivity contribution in [2.45, 2.75) is 5.66 Å². The first-order valence-corrected chi connectivity index (χ1v) is 6.80. The third kappa shape index (κ3) is 3.94. The minimum Gasteiger partial charge on any atom is -0.308 e. The number of halogens is 3. The Morgan fingerprint density at radius 2 is 1.95 bits per heavy atom. The molecule has 0 radical (unpaired) electrons. The van der Waals surface area contributed by atoms with Gasteiger partial charge in [-0.15, -0.1) is 0 Å². The van der Waals surface area contributed by atoms with E-state index in [9.17, 15) is 8.78 Å². The molecule has 0 saturated carbocycles. The van der Waals surface area contributed by atoms with E-state index < -0.39 is 5.66 Å². The first-order valence-electron chi connectivity index (χ1n) is 5.84. The molecule has 0 saturated heterocycles. The highest BCUT2D eigenvalue weighted by Crippen LogP contribution is 2.35. The van der Waals surface area contributed by atoms with Crippen LogP contribution >= 0.6 is 20.8 Å². The molecular formula is C13H12ClF2N4P. The predicted molar refractivity (Wildman–Crippen MR) is 82.8 cm³/mol. The maximum absolute atomic E-state index is 13.1. The van der Waals surface area contributed by atoms with Crippen LogP contribution in [0, 0.1) is 0 Å². The molecule has 8 heteroatoms. The molecule has 0 aliphatic rings. The quantitative estimate of drug-likeness (QED) is 0.299. The Morgan fingerprint density at radius 3 is 2.48 bits per heavy atom. The van der Waals surface area contributed by atoms with E-state index in [1.807, 2.05) is 0 Å². The number of pyridine rings is 1. The van der Waals surface area contributed by atoms with Gasteiger partial charge in [-0.25, -0.2) is 10.8 Å². The number of hydrogen-bond donors (Lipinski definition) is 2. The van der Waals surface area contributed by atoms with Crippen LogP contribution in [0.2, 0.25) is 5.02 Å². The highest BCUT2D eigenvalue weighted by Gasteiger charge is 2.23. The number of nitrogens with zero attached hydrogens (tertiary/aromatic N) is 2. The van der Waals surface area contributed by atoms with E-state index in [1.54, 1.807) is 12.3 Å². The fourth-order valence-corrected chi connectivity index (χ4v) is 2.03. The van der Waals surface area contributed by atoms with E-state index in [4.69, 9.17) is 17.4 Å². The van der Waals surface area contributed by atoms with Crippen LogP contribution in [-0.4, -0.2) is 10.8 Å². The van der Waals surface area contributed by atoms with E-state index in [0.29, 0.717) is 22.1 Å². The summed E-state index contributed by atoms with van der Waals surface area (Å²) in [6.45, 7) is 0. The zero-order chi connectivity index (χ0) is 15.5. The zero-order valence-electron chi connectivity index (χ0n) is 10.7. The Balaban J connectivity index is 2.35. The van der Waals surface area contributed by atoms with E-state index >= 15 is 0 Å². The van der Waals surface area contributed by atoms with Crippen LogP contribution in [0.25, 0.3) is 0 Å². The van der Waals surface area contributed by atoms with E-state index in [-0.39, 0.29) is 5.56 Å². The number of hydrazine groups is 1. The summed E-state index contributed by atoms with van der Waals surface area (Å²) in [5, 5.41) is 0.377. The highest BCUT2D eigenvalue weighted by atomic mass is 35.5. The summed E-state index contributed by atoms with van der Waals surface area (Å²) < 4.78 is 26.2. The monoisotopic (exact) mass is 328 g/mol. The Hall–Kier alpha value is -1.62. The van der Waals surface area contributed by atoms with Crippen LogP contribution in [-0.2, 0) is 5.66 Å². The van der Waals surface area contributed by atoms with Gasteiger partial charge in [0.15, 0.2) is 0 Å². The summed E-state index contributed by atoms with van der Waals surface area (Å²) in [6.07, 6.45) is 3.01. The second-order valence-corrected chi connectivity index (χ2v) is 5.26. The van der Waals surface area contributed by atoms with Gasteiger partial charge in [0, 0.05) is 23.5 Å². The Morgan fingerprint density at radius 1 is 1.29 bits per heavy atom. The van der Waals surface area contributed by atoms with E-state index in [2.05, 4.69) is 15.4 Å². The van der Waals surface area contributed by atoms with Crippen LogP contribution in [0.4, 0.5) is 14.5 Å². The third-order valence-electron chi connectivity index (χ3n) is 2.66. The van der Waals surface area contributed by atoms with Gasteiger partial charge >= 0.3 is 0 Å². The van der Waals surface area contributed by atoms with Crippen LogP contribution in [0.5, 0.6) is 0 Å². The van der Waals surface area contributed by atoms with Gasteiger partial charge in [-0.3, -0.25) is 4.98 Å². The molecule has 4 nitrogen and oxygen atoms in total. The summed E-state index contributed by atoms with van der Waals surface area (Å²) in [5.74, 6) is 5.75. The zero-order valence-corrected chi connectivity index (χ0v) is 12.6. The smallest absolute Gasteiger partial charge is 0.283 e. The molecule has 1 aromatic carbocycles. The lowest BCUT2D eigenvalue weighted by molar-refractivity contribution is 0.104. The van der Waals surface area contributed by atoms with Gasteiger partial charge in [0.05, 0.1) is 10.7 Å². The highest BCUT2D eigenvalue weighted by molar-refractivity contribution is 7.17. The van der Waals surface area contributed by atoms with Crippen molar-refractivity contribution in [2.24, 2.45) is 10.8 Å². The average molecular weight is 329 g/mol. The van der Waals surface area contributed by atoms with Crippen molar-refractivity contribution in [3.8, 4) is 0 Å². The lowest BCUT2D eigenvalue weighted by atomic mass is 10.2. The molecule has 1 atom stereocenters. The van der Waals surface area contributed by atoms with Crippen LogP contribution in [0.3, 0.4) is 0 Å². The first kappa shape index (κ1) is 15.8. The molecule has 2 aromatic rings. The van der Waals surface area contributed by atoms with Gasteiger partial charge in [-0.2, -0.15) is 8.78 Å². The number of benzene rings is 1. The molecule has 0 bridgehead atoms. The number of rotatable bonds is 3. The van der Waals surface area contributed by atoms with Gasteiger partial charge in [0.1, 0.15) is 5.84 Å². The van der Waals surface area contributed by atoms with Crippen molar-refractivity contribution < 1.29 is 8.78 Å². The number of hydrogen-bond acceptors (Lipinski definition) is 3. The van der Waals surface area contributed by atoms with E-state index in [1.165, 1.54) is 39.7 Å². The van der Waals surface area contributed by atoms with Crippen molar-refractivity contribution >= 4 is 32.4 Å². The molecule has 1 aromatic heterocycles. The molecule has 21 heavy (non-hydrogen) atoms. The molecule has 0 aliphatic heterocycles. The Bertz CT molecular complexity index is 656. The molecule has 0 fully saturated rings. The number of nitrogens with one attached hydrogen (secondary N) is 1. The number of nitrogens with two attached hydrogens (primary N) is 1. The fraction of sp³-hybridized carbons (Fsp3) is 0.0769. The van der Waals surface area contributed by atoms with Crippen molar-refractivity contribution in [1.82, 2.24) is 10.4 Å². The normalized spacial score (nSPS) is 12.3. The lowest BCUT2D eigenvalue weighted by Crippen LogP contribution is -2.31. The molecule has 3 N–H and O–H groups in total. The van der Waals surface area contributed by atoms with Crippen molar-refractivity contribution in [3.63, 3.8) is 0 Å². The van der Waals surface area contributed by atoms with Crippen LogP contribution < -0.4 is 11.3 Å². The summed E-state index contributed by atoms with van der Waals surface area (Å²) >= 11 is 6.01. The van der Waals surface area contributed by atoms with Crippen molar-refractivity contribution in [2.75, 3.05) is 0 Å². The van der Waals surface area contributed by atoms with Gasteiger partial charge in [-0.1, -0.05) is 33.0 Å². The number of amidine groups is 1. The SMILES string of the molecule is NNC(=Nc1ccc(C(F)(F)P)cc1)c1ccncc1Cl. The lowest BCUT2D eigenvalue weighted by Gasteiger charge is -2.11. The molecule has 1 heterocycles.